The topological polar surface area (TPSA) is 58.9 Å². The third-order valence-corrected chi connectivity index (χ3v) is 11.6. The lowest BCUT2D eigenvalue weighted by Gasteiger charge is -2.63. The van der Waals surface area contributed by atoms with Gasteiger partial charge in [0.15, 0.2) is 5.79 Å². The van der Waals surface area contributed by atoms with Gasteiger partial charge in [-0.05, 0) is 99.3 Å². The van der Waals surface area contributed by atoms with Gasteiger partial charge in [0.2, 0.25) is 0 Å². The number of hydrogen-bond donors (Lipinski definition) is 2. The summed E-state index contributed by atoms with van der Waals surface area (Å²) in [7, 11) is 0. The van der Waals surface area contributed by atoms with Crippen molar-refractivity contribution >= 4 is 11.3 Å². The molecule has 1 aromatic rings. The Morgan fingerprint density at radius 3 is 2.42 bits per heavy atom. The van der Waals surface area contributed by atoms with E-state index in [1.807, 2.05) is 0 Å². The molecule has 0 bridgehead atoms. The van der Waals surface area contributed by atoms with Crippen molar-refractivity contribution in [3.05, 3.63) is 22.4 Å². The van der Waals surface area contributed by atoms with Gasteiger partial charge in [-0.2, -0.15) is 0 Å². The van der Waals surface area contributed by atoms with E-state index in [2.05, 4.69) is 45.2 Å². The molecule has 5 fully saturated rings. The Morgan fingerprint density at radius 1 is 0.935 bits per heavy atom. The zero-order valence-corrected chi connectivity index (χ0v) is 20.2. The number of rotatable bonds is 1. The minimum absolute atomic E-state index is 0.0500. The molecule has 1 aromatic heterocycles. The van der Waals surface area contributed by atoms with Gasteiger partial charge in [-0.25, -0.2) is 0 Å². The van der Waals surface area contributed by atoms with E-state index in [4.69, 9.17) is 9.47 Å². The fraction of sp³-hybridized carbons (Fsp3) is 0.846. The van der Waals surface area contributed by atoms with E-state index in [1.54, 1.807) is 11.3 Å². The molecule has 2 unspecified atom stereocenters. The van der Waals surface area contributed by atoms with Gasteiger partial charge in [0.1, 0.15) is 5.60 Å². The first kappa shape index (κ1) is 21.1. The van der Waals surface area contributed by atoms with Crippen LogP contribution in [0.3, 0.4) is 0 Å². The monoisotopic (exact) mass is 446 g/mol. The van der Waals surface area contributed by atoms with Gasteiger partial charge in [-0.1, -0.05) is 19.9 Å². The van der Waals surface area contributed by atoms with E-state index in [-0.39, 0.29) is 29.1 Å². The molecule has 1 aliphatic heterocycles. The number of aliphatic hydroxyl groups excluding tert-OH is 1. The minimum Gasteiger partial charge on any atom is -0.393 e. The van der Waals surface area contributed by atoms with Crippen LogP contribution >= 0.6 is 11.3 Å². The van der Waals surface area contributed by atoms with Crippen LogP contribution in [0.1, 0.15) is 77.5 Å². The predicted molar refractivity (Wildman–Crippen MR) is 121 cm³/mol. The van der Waals surface area contributed by atoms with Crippen LogP contribution in [0.25, 0.3) is 0 Å². The first-order chi connectivity index (χ1) is 14.6. The summed E-state index contributed by atoms with van der Waals surface area (Å²) in [5.74, 6) is 1.20. The van der Waals surface area contributed by atoms with Crippen LogP contribution in [-0.4, -0.2) is 34.3 Å². The van der Waals surface area contributed by atoms with Crippen molar-refractivity contribution in [3.63, 3.8) is 0 Å². The van der Waals surface area contributed by atoms with Crippen molar-refractivity contribution in [1.82, 2.24) is 0 Å². The molecule has 31 heavy (non-hydrogen) atoms. The van der Waals surface area contributed by atoms with Gasteiger partial charge in [0, 0.05) is 10.3 Å². The second-order valence-electron chi connectivity index (χ2n) is 12.2. The standard InChI is InChI=1S/C26H38O4S/c1-23(2)29-21-18-14-15(27)7-10-24(18,3)16-8-11-25(4)17(20(16)22(21)30-23)9-12-26(25,28)19-6-5-13-31-19/h5-6,13,15-18,20-22,27-28H,7-12,14H2,1-4H3/t15-,16?,17-,18+,20?,21+,22+,24+,25-,26+/m0/s1. The molecule has 0 radical (unpaired) electrons. The van der Waals surface area contributed by atoms with Crippen LogP contribution in [0.5, 0.6) is 0 Å². The Bertz CT molecular complexity index is 854. The Hall–Kier alpha value is -0.460. The largest absolute Gasteiger partial charge is 0.393 e. The Balaban J connectivity index is 1.44. The smallest absolute Gasteiger partial charge is 0.163 e. The van der Waals surface area contributed by atoms with Crippen molar-refractivity contribution in [1.29, 1.82) is 0 Å². The molecule has 5 aliphatic rings. The van der Waals surface area contributed by atoms with Crippen LogP contribution in [0.4, 0.5) is 0 Å². The molecule has 4 saturated carbocycles. The normalized spacial score (nSPS) is 55.2. The zero-order chi connectivity index (χ0) is 21.8. The summed E-state index contributed by atoms with van der Waals surface area (Å²) in [5, 5.41) is 24.7. The highest BCUT2D eigenvalue weighted by Gasteiger charge is 2.71. The molecule has 1 saturated heterocycles. The maximum absolute atomic E-state index is 12.1. The van der Waals surface area contributed by atoms with E-state index in [0.29, 0.717) is 23.7 Å². The van der Waals surface area contributed by atoms with Crippen molar-refractivity contribution in [3.8, 4) is 0 Å². The maximum Gasteiger partial charge on any atom is 0.163 e. The molecule has 6 rings (SSSR count). The SMILES string of the molecule is CC1(C)O[C@H]2[C@H](O1)C1C(CC[C@@]3(C)[C@H]1CC[C@@]3(O)c1cccs1)[C@@]1(C)CC[C@H](O)C[C@H]21. The summed E-state index contributed by atoms with van der Waals surface area (Å²) in [6.07, 6.45) is 6.83. The molecule has 0 spiro atoms. The molecular weight excluding hydrogens is 408 g/mol. The molecule has 172 valence electrons. The highest BCUT2D eigenvalue weighted by molar-refractivity contribution is 7.10. The minimum atomic E-state index is -0.734. The third kappa shape index (κ3) is 2.67. The van der Waals surface area contributed by atoms with Gasteiger partial charge in [0.25, 0.3) is 0 Å². The fourth-order valence-electron chi connectivity index (χ4n) is 9.10. The summed E-state index contributed by atoms with van der Waals surface area (Å²) in [6, 6.07) is 4.21. The highest BCUT2D eigenvalue weighted by atomic mass is 32.1. The van der Waals surface area contributed by atoms with E-state index in [1.165, 1.54) is 0 Å². The molecular formula is C26H38O4S. The molecule has 4 nitrogen and oxygen atoms in total. The van der Waals surface area contributed by atoms with E-state index >= 15 is 0 Å². The molecule has 5 heteroatoms. The Labute approximate surface area is 190 Å². The Morgan fingerprint density at radius 2 is 1.68 bits per heavy atom. The number of thiophene rings is 1. The average Bonchev–Trinajstić information content (AvgIpc) is 3.41. The zero-order valence-electron chi connectivity index (χ0n) is 19.3. The second kappa shape index (κ2) is 6.56. The van der Waals surface area contributed by atoms with Gasteiger partial charge < -0.3 is 19.7 Å². The predicted octanol–water partition coefficient (Wildman–Crippen LogP) is 5.08. The first-order valence-electron chi connectivity index (χ1n) is 12.4. The number of fused-ring (bicyclic) bond motifs is 8. The van der Waals surface area contributed by atoms with Crippen LogP contribution in [-0.2, 0) is 15.1 Å². The maximum atomic E-state index is 12.1. The Kier molecular flexibility index (Phi) is 4.47. The number of ether oxygens (including phenoxy) is 2. The number of hydrogen-bond acceptors (Lipinski definition) is 5. The molecule has 0 aromatic carbocycles. The van der Waals surface area contributed by atoms with E-state index < -0.39 is 11.4 Å². The lowest BCUT2D eigenvalue weighted by atomic mass is 9.43. The first-order valence-corrected chi connectivity index (χ1v) is 13.3. The summed E-state index contributed by atoms with van der Waals surface area (Å²) >= 11 is 1.71. The van der Waals surface area contributed by atoms with Crippen molar-refractivity contribution < 1.29 is 19.7 Å². The molecule has 0 amide bonds. The average molecular weight is 447 g/mol. The van der Waals surface area contributed by atoms with Crippen LogP contribution in [0.2, 0.25) is 0 Å². The van der Waals surface area contributed by atoms with Crippen molar-refractivity contribution in [2.75, 3.05) is 0 Å². The molecule has 4 aliphatic carbocycles. The van der Waals surface area contributed by atoms with Gasteiger partial charge in [-0.3, -0.25) is 0 Å². The van der Waals surface area contributed by atoms with Crippen LogP contribution < -0.4 is 0 Å². The summed E-state index contributed by atoms with van der Waals surface area (Å²) in [4.78, 5) is 1.14. The van der Waals surface area contributed by atoms with Gasteiger partial charge >= 0.3 is 0 Å². The molecule has 2 N–H and O–H groups in total. The van der Waals surface area contributed by atoms with Crippen molar-refractivity contribution in [2.24, 2.45) is 34.5 Å². The molecule has 10 atom stereocenters. The summed E-state index contributed by atoms with van der Waals surface area (Å²) < 4.78 is 13.3. The summed E-state index contributed by atoms with van der Waals surface area (Å²) in [5.41, 5.74) is -0.682. The van der Waals surface area contributed by atoms with E-state index in [0.717, 1.165) is 49.8 Å². The van der Waals surface area contributed by atoms with Crippen molar-refractivity contribution in [2.45, 2.75) is 102 Å². The van der Waals surface area contributed by atoms with Gasteiger partial charge in [-0.15, -0.1) is 11.3 Å². The molecule has 2 heterocycles. The lowest BCUT2D eigenvalue weighted by Crippen LogP contribution is -2.64. The number of aliphatic hydroxyl groups is 2. The lowest BCUT2D eigenvalue weighted by molar-refractivity contribution is -0.205. The van der Waals surface area contributed by atoms with Gasteiger partial charge in [0.05, 0.1) is 18.3 Å². The summed E-state index contributed by atoms with van der Waals surface area (Å²) in [6.45, 7) is 8.94. The second-order valence-corrected chi connectivity index (χ2v) is 13.2. The fourth-order valence-corrected chi connectivity index (χ4v) is 10.1. The van der Waals surface area contributed by atoms with E-state index in [9.17, 15) is 10.2 Å². The highest BCUT2D eigenvalue weighted by Crippen LogP contribution is 2.71. The quantitative estimate of drug-likeness (QED) is 0.632. The third-order valence-electron chi connectivity index (χ3n) is 10.6. The van der Waals surface area contributed by atoms with Crippen LogP contribution in [0.15, 0.2) is 17.5 Å². The van der Waals surface area contributed by atoms with Crippen LogP contribution in [0, 0.1) is 34.5 Å².